The van der Waals surface area contributed by atoms with Crippen LogP contribution >= 0.6 is 0 Å². The summed E-state index contributed by atoms with van der Waals surface area (Å²) < 4.78 is 40.8. The third kappa shape index (κ3) is 5.01. The van der Waals surface area contributed by atoms with E-state index in [1.54, 1.807) is 12.1 Å². The van der Waals surface area contributed by atoms with Crippen molar-refractivity contribution in [3.63, 3.8) is 0 Å². The number of ether oxygens (including phenoxy) is 1. The second-order valence-electron chi connectivity index (χ2n) is 4.58. The van der Waals surface area contributed by atoms with E-state index < -0.39 is 15.8 Å². The number of hydrogen-bond donors (Lipinski definition) is 1. The Hall–Kier alpha value is -1.14. The lowest BCUT2D eigenvalue weighted by atomic mass is 9.99. The minimum absolute atomic E-state index is 0.0788. The van der Waals surface area contributed by atoms with Gasteiger partial charge in [-0.2, -0.15) is 0 Å². The van der Waals surface area contributed by atoms with Crippen LogP contribution in [0.15, 0.2) is 24.3 Å². The van der Waals surface area contributed by atoms with Gasteiger partial charge in [0.25, 0.3) is 0 Å². The van der Waals surface area contributed by atoms with Crippen molar-refractivity contribution >= 4 is 10.0 Å². The van der Waals surface area contributed by atoms with Crippen LogP contribution in [0.2, 0.25) is 0 Å². The van der Waals surface area contributed by atoms with Gasteiger partial charge in [-0.25, -0.2) is 17.9 Å². The molecule has 102 valence electrons. The van der Waals surface area contributed by atoms with E-state index in [2.05, 4.69) is 0 Å². The molecule has 1 unspecified atom stereocenters. The molecule has 0 saturated heterocycles. The largest absolute Gasteiger partial charge is 0.490 e. The van der Waals surface area contributed by atoms with Crippen molar-refractivity contribution in [1.29, 1.82) is 0 Å². The highest BCUT2D eigenvalue weighted by Crippen LogP contribution is 2.19. The third-order valence-corrected chi connectivity index (χ3v) is 3.57. The first-order valence-electron chi connectivity index (χ1n) is 5.67. The van der Waals surface area contributed by atoms with E-state index in [4.69, 9.17) is 9.88 Å². The second kappa shape index (κ2) is 6.15. The minimum Gasteiger partial charge on any atom is -0.490 e. The van der Waals surface area contributed by atoms with Crippen molar-refractivity contribution in [3.8, 4) is 5.75 Å². The predicted molar refractivity (Wildman–Crippen MR) is 68.2 cm³/mol. The van der Waals surface area contributed by atoms with Crippen molar-refractivity contribution < 1.29 is 17.5 Å². The summed E-state index contributed by atoms with van der Waals surface area (Å²) in [6.07, 6.45) is 0. The van der Waals surface area contributed by atoms with Gasteiger partial charge >= 0.3 is 0 Å². The lowest BCUT2D eigenvalue weighted by Crippen LogP contribution is -2.30. The smallest absolute Gasteiger partial charge is 0.209 e. The zero-order valence-electron chi connectivity index (χ0n) is 10.5. The first-order valence-corrected chi connectivity index (χ1v) is 7.39. The van der Waals surface area contributed by atoms with Crippen molar-refractivity contribution in [3.05, 3.63) is 30.1 Å². The SMILES string of the molecule is CC(C)C(COc1ccccc1F)CS(N)(=O)=O. The Morgan fingerprint density at radius 3 is 2.44 bits per heavy atom. The van der Waals surface area contributed by atoms with E-state index >= 15 is 0 Å². The normalized spacial score (nSPS) is 13.6. The molecule has 0 aliphatic carbocycles. The molecule has 2 N–H and O–H groups in total. The maximum absolute atomic E-state index is 13.3. The van der Waals surface area contributed by atoms with Crippen LogP contribution in [0.25, 0.3) is 0 Å². The molecule has 0 aromatic heterocycles. The quantitative estimate of drug-likeness (QED) is 0.860. The summed E-state index contributed by atoms with van der Waals surface area (Å²) in [5.41, 5.74) is 0. The maximum atomic E-state index is 13.3. The van der Waals surface area contributed by atoms with E-state index in [1.807, 2.05) is 13.8 Å². The molecule has 0 aliphatic heterocycles. The van der Waals surface area contributed by atoms with Crippen LogP contribution in [0.4, 0.5) is 4.39 Å². The fourth-order valence-corrected chi connectivity index (χ4v) is 2.57. The Labute approximate surface area is 107 Å². The van der Waals surface area contributed by atoms with E-state index in [1.165, 1.54) is 12.1 Å². The fourth-order valence-electron chi connectivity index (χ4n) is 1.49. The second-order valence-corrected chi connectivity index (χ2v) is 6.23. The molecule has 0 amide bonds. The molecular formula is C12H18FNO3S. The highest BCUT2D eigenvalue weighted by molar-refractivity contribution is 7.89. The van der Waals surface area contributed by atoms with E-state index in [0.717, 1.165) is 0 Å². The summed E-state index contributed by atoms with van der Waals surface area (Å²) in [4.78, 5) is 0. The van der Waals surface area contributed by atoms with Crippen LogP contribution < -0.4 is 9.88 Å². The lowest BCUT2D eigenvalue weighted by Gasteiger charge is -2.20. The monoisotopic (exact) mass is 275 g/mol. The molecule has 0 bridgehead atoms. The highest BCUT2D eigenvalue weighted by atomic mass is 32.2. The number of rotatable bonds is 6. The zero-order valence-corrected chi connectivity index (χ0v) is 11.3. The maximum Gasteiger partial charge on any atom is 0.209 e. The van der Waals surface area contributed by atoms with Gasteiger partial charge in [0.15, 0.2) is 11.6 Å². The van der Waals surface area contributed by atoms with E-state index in [9.17, 15) is 12.8 Å². The molecule has 0 aliphatic rings. The Bertz CT molecular complexity index is 488. The van der Waals surface area contributed by atoms with Crippen LogP contribution in [0, 0.1) is 17.7 Å². The summed E-state index contributed by atoms with van der Waals surface area (Å²) in [6.45, 7) is 3.87. The lowest BCUT2D eigenvalue weighted by molar-refractivity contribution is 0.217. The van der Waals surface area contributed by atoms with Crippen molar-refractivity contribution in [1.82, 2.24) is 0 Å². The first kappa shape index (κ1) is 14.9. The molecule has 1 rings (SSSR count). The standard InChI is InChI=1S/C12H18FNO3S/c1-9(2)10(8-18(14,15)16)7-17-12-6-4-3-5-11(12)13/h3-6,9-10H,7-8H2,1-2H3,(H2,14,15,16). The van der Waals surface area contributed by atoms with Crippen LogP contribution in [0.1, 0.15) is 13.8 Å². The molecule has 0 saturated carbocycles. The van der Waals surface area contributed by atoms with Gasteiger partial charge < -0.3 is 4.74 Å². The van der Waals surface area contributed by atoms with Crippen molar-refractivity contribution in [2.75, 3.05) is 12.4 Å². The Kier molecular flexibility index (Phi) is 5.10. The van der Waals surface area contributed by atoms with Gasteiger partial charge in [0.05, 0.1) is 12.4 Å². The van der Waals surface area contributed by atoms with Crippen LogP contribution in [0.5, 0.6) is 5.75 Å². The molecule has 4 nitrogen and oxygen atoms in total. The van der Waals surface area contributed by atoms with Gasteiger partial charge in [-0.1, -0.05) is 26.0 Å². The molecule has 0 radical (unpaired) electrons. The third-order valence-electron chi connectivity index (χ3n) is 2.68. The zero-order chi connectivity index (χ0) is 13.8. The molecule has 0 spiro atoms. The van der Waals surface area contributed by atoms with E-state index in [0.29, 0.717) is 0 Å². The van der Waals surface area contributed by atoms with Crippen LogP contribution in [0.3, 0.4) is 0 Å². The number of halogens is 1. The average Bonchev–Trinajstić information content (AvgIpc) is 2.24. The molecule has 1 aromatic rings. The summed E-state index contributed by atoms with van der Waals surface area (Å²) in [5, 5.41) is 5.02. The Morgan fingerprint density at radius 2 is 1.94 bits per heavy atom. The Balaban J connectivity index is 2.66. The van der Waals surface area contributed by atoms with Crippen LogP contribution in [-0.4, -0.2) is 20.8 Å². The van der Waals surface area contributed by atoms with Gasteiger partial charge in [0.1, 0.15) is 0 Å². The number of para-hydroxylation sites is 1. The summed E-state index contributed by atoms with van der Waals surface area (Å²) >= 11 is 0. The van der Waals surface area contributed by atoms with Gasteiger partial charge in [0, 0.05) is 5.92 Å². The topological polar surface area (TPSA) is 69.4 Å². The van der Waals surface area contributed by atoms with Gasteiger partial charge in [0.2, 0.25) is 10.0 Å². The van der Waals surface area contributed by atoms with E-state index in [-0.39, 0.29) is 29.9 Å². The number of benzene rings is 1. The molecular weight excluding hydrogens is 257 g/mol. The molecule has 6 heteroatoms. The number of primary sulfonamides is 1. The fraction of sp³-hybridized carbons (Fsp3) is 0.500. The average molecular weight is 275 g/mol. The molecule has 1 aromatic carbocycles. The molecule has 0 fully saturated rings. The first-order chi connectivity index (χ1) is 8.29. The summed E-state index contributed by atoms with van der Waals surface area (Å²) in [6, 6.07) is 6.01. The van der Waals surface area contributed by atoms with Crippen molar-refractivity contribution in [2.45, 2.75) is 13.8 Å². The van der Waals surface area contributed by atoms with Gasteiger partial charge in [-0.15, -0.1) is 0 Å². The molecule has 1 atom stereocenters. The summed E-state index contributed by atoms with van der Waals surface area (Å²) in [5.74, 6) is -0.693. The van der Waals surface area contributed by atoms with Crippen LogP contribution in [-0.2, 0) is 10.0 Å². The van der Waals surface area contributed by atoms with Crippen molar-refractivity contribution in [2.24, 2.45) is 17.0 Å². The van der Waals surface area contributed by atoms with Gasteiger partial charge in [-0.3, -0.25) is 0 Å². The Morgan fingerprint density at radius 1 is 1.33 bits per heavy atom. The number of sulfonamides is 1. The summed E-state index contributed by atoms with van der Waals surface area (Å²) in [7, 11) is -3.56. The minimum atomic E-state index is -3.56. The molecule has 18 heavy (non-hydrogen) atoms. The molecule has 0 heterocycles. The number of hydrogen-bond acceptors (Lipinski definition) is 3. The predicted octanol–water partition coefficient (Wildman–Crippen LogP) is 1.77. The van der Waals surface area contributed by atoms with Gasteiger partial charge in [-0.05, 0) is 18.1 Å². The number of nitrogens with two attached hydrogens (primary N) is 1. The highest BCUT2D eigenvalue weighted by Gasteiger charge is 2.20.